The SMILES string of the molecule is CCOCCN(CCOCC)c1ccc(CBr)cc1Cl. The van der Waals surface area contributed by atoms with Crippen LogP contribution in [0.5, 0.6) is 0 Å². The maximum Gasteiger partial charge on any atom is 0.0642 e. The van der Waals surface area contributed by atoms with Crippen LogP contribution in [-0.2, 0) is 14.8 Å². The third-order valence-electron chi connectivity index (χ3n) is 2.93. The predicted octanol–water partition coefficient (Wildman–Crippen LogP) is 4.11. The van der Waals surface area contributed by atoms with E-state index < -0.39 is 0 Å². The van der Waals surface area contributed by atoms with Crippen LogP contribution in [0.15, 0.2) is 18.2 Å². The van der Waals surface area contributed by atoms with Crippen molar-refractivity contribution in [1.29, 1.82) is 0 Å². The molecular weight excluding hydrogens is 342 g/mol. The molecule has 0 aliphatic carbocycles. The number of ether oxygens (including phenoxy) is 2. The second-order valence-electron chi connectivity index (χ2n) is 4.30. The lowest BCUT2D eigenvalue weighted by Gasteiger charge is -2.26. The summed E-state index contributed by atoms with van der Waals surface area (Å²) in [6, 6.07) is 6.15. The first-order chi connectivity index (χ1) is 9.72. The molecule has 0 bridgehead atoms. The van der Waals surface area contributed by atoms with Crippen molar-refractivity contribution in [2.24, 2.45) is 0 Å². The molecule has 0 saturated carbocycles. The standard InChI is InChI=1S/C15H23BrClNO2/c1-3-19-9-7-18(8-10-20-4-2)15-6-5-13(12-16)11-14(15)17/h5-6,11H,3-4,7-10,12H2,1-2H3. The molecule has 0 aliphatic heterocycles. The van der Waals surface area contributed by atoms with Crippen molar-refractivity contribution >= 4 is 33.2 Å². The van der Waals surface area contributed by atoms with E-state index in [1.54, 1.807) is 0 Å². The van der Waals surface area contributed by atoms with Crippen LogP contribution in [0.4, 0.5) is 5.69 Å². The fourth-order valence-corrected chi connectivity index (χ4v) is 2.55. The van der Waals surface area contributed by atoms with Gasteiger partial charge in [0.05, 0.1) is 23.9 Å². The van der Waals surface area contributed by atoms with Crippen LogP contribution in [-0.4, -0.2) is 39.5 Å². The average molecular weight is 365 g/mol. The van der Waals surface area contributed by atoms with Crippen LogP contribution in [0.2, 0.25) is 5.02 Å². The molecule has 0 fully saturated rings. The number of hydrogen-bond donors (Lipinski definition) is 0. The van der Waals surface area contributed by atoms with Crippen molar-refractivity contribution in [3.05, 3.63) is 28.8 Å². The number of anilines is 1. The molecule has 3 nitrogen and oxygen atoms in total. The maximum absolute atomic E-state index is 6.38. The summed E-state index contributed by atoms with van der Waals surface area (Å²) in [5, 5.41) is 1.58. The van der Waals surface area contributed by atoms with Crippen LogP contribution in [0, 0.1) is 0 Å². The van der Waals surface area contributed by atoms with Crippen LogP contribution < -0.4 is 4.90 Å². The molecule has 20 heavy (non-hydrogen) atoms. The van der Waals surface area contributed by atoms with E-state index in [0.29, 0.717) is 13.2 Å². The van der Waals surface area contributed by atoms with Gasteiger partial charge in [0, 0.05) is 31.6 Å². The molecule has 0 N–H and O–H groups in total. The van der Waals surface area contributed by atoms with Gasteiger partial charge in [-0.2, -0.15) is 0 Å². The molecule has 114 valence electrons. The Labute approximate surface area is 135 Å². The van der Waals surface area contributed by atoms with Crippen LogP contribution in [0.3, 0.4) is 0 Å². The van der Waals surface area contributed by atoms with Crippen molar-refractivity contribution in [3.8, 4) is 0 Å². The topological polar surface area (TPSA) is 21.7 Å². The highest BCUT2D eigenvalue weighted by molar-refractivity contribution is 9.08. The molecule has 0 atom stereocenters. The summed E-state index contributed by atoms with van der Waals surface area (Å²) >= 11 is 9.83. The van der Waals surface area contributed by atoms with Gasteiger partial charge < -0.3 is 14.4 Å². The van der Waals surface area contributed by atoms with Crippen molar-refractivity contribution in [2.45, 2.75) is 19.2 Å². The second-order valence-corrected chi connectivity index (χ2v) is 5.27. The molecule has 5 heteroatoms. The van der Waals surface area contributed by atoms with Gasteiger partial charge in [-0.1, -0.05) is 33.6 Å². The first-order valence-corrected chi connectivity index (χ1v) is 8.47. The Morgan fingerprint density at radius 1 is 1.10 bits per heavy atom. The Hall–Kier alpha value is -0.290. The molecule has 0 aromatic heterocycles. The van der Waals surface area contributed by atoms with Gasteiger partial charge in [-0.05, 0) is 31.5 Å². The van der Waals surface area contributed by atoms with Gasteiger partial charge >= 0.3 is 0 Å². The van der Waals surface area contributed by atoms with Crippen molar-refractivity contribution < 1.29 is 9.47 Å². The maximum atomic E-state index is 6.38. The number of rotatable bonds is 10. The van der Waals surface area contributed by atoms with Gasteiger partial charge in [-0.15, -0.1) is 0 Å². The summed E-state index contributed by atoms with van der Waals surface area (Å²) in [7, 11) is 0. The van der Waals surface area contributed by atoms with Crippen LogP contribution in [0.1, 0.15) is 19.4 Å². The zero-order chi connectivity index (χ0) is 14.8. The minimum absolute atomic E-state index is 0.694. The third-order valence-corrected chi connectivity index (χ3v) is 3.88. The zero-order valence-corrected chi connectivity index (χ0v) is 14.5. The molecule has 1 aromatic carbocycles. The first kappa shape index (κ1) is 17.8. The van der Waals surface area contributed by atoms with Gasteiger partial charge in [0.1, 0.15) is 0 Å². The number of alkyl halides is 1. The Morgan fingerprint density at radius 3 is 2.15 bits per heavy atom. The van der Waals surface area contributed by atoms with E-state index in [4.69, 9.17) is 21.1 Å². The van der Waals surface area contributed by atoms with E-state index in [0.717, 1.165) is 42.3 Å². The fraction of sp³-hybridized carbons (Fsp3) is 0.600. The highest BCUT2D eigenvalue weighted by atomic mass is 79.9. The molecule has 0 radical (unpaired) electrons. The van der Waals surface area contributed by atoms with Gasteiger partial charge in [-0.25, -0.2) is 0 Å². The molecular formula is C15H23BrClNO2. The van der Waals surface area contributed by atoms with E-state index in [9.17, 15) is 0 Å². The number of hydrogen-bond acceptors (Lipinski definition) is 3. The monoisotopic (exact) mass is 363 g/mol. The summed E-state index contributed by atoms with van der Waals surface area (Å²) < 4.78 is 10.9. The molecule has 0 saturated heterocycles. The van der Waals surface area contributed by atoms with Crippen molar-refractivity contribution in [1.82, 2.24) is 0 Å². The van der Waals surface area contributed by atoms with Crippen LogP contribution >= 0.6 is 27.5 Å². The second kappa shape index (κ2) is 10.4. The third kappa shape index (κ3) is 6.00. The van der Waals surface area contributed by atoms with E-state index >= 15 is 0 Å². The fourth-order valence-electron chi connectivity index (χ4n) is 1.88. The van der Waals surface area contributed by atoms with Gasteiger partial charge in [-0.3, -0.25) is 0 Å². The Bertz CT molecular complexity index is 380. The molecule has 1 rings (SSSR count). The van der Waals surface area contributed by atoms with Gasteiger partial charge in [0.15, 0.2) is 0 Å². The summed E-state index contributed by atoms with van der Waals surface area (Å²) in [6.45, 7) is 8.48. The smallest absolute Gasteiger partial charge is 0.0642 e. The molecule has 0 heterocycles. The van der Waals surface area contributed by atoms with E-state index in [1.165, 1.54) is 5.56 Å². The lowest BCUT2D eigenvalue weighted by molar-refractivity contribution is 0.141. The lowest BCUT2D eigenvalue weighted by atomic mass is 10.2. The Balaban J connectivity index is 2.73. The average Bonchev–Trinajstić information content (AvgIpc) is 2.46. The minimum Gasteiger partial charge on any atom is -0.380 e. The van der Waals surface area contributed by atoms with Crippen molar-refractivity contribution in [3.63, 3.8) is 0 Å². The molecule has 1 aromatic rings. The number of benzene rings is 1. The highest BCUT2D eigenvalue weighted by Gasteiger charge is 2.11. The van der Waals surface area contributed by atoms with Gasteiger partial charge in [0.2, 0.25) is 0 Å². The van der Waals surface area contributed by atoms with Crippen LogP contribution in [0.25, 0.3) is 0 Å². The lowest BCUT2D eigenvalue weighted by Crippen LogP contribution is -2.31. The summed E-state index contributed by atoms with van der Waals surface area (Å²) in [5.41, 5.74) is 2.21. The molecule has 0 aliphatic rings. The summed E-state index contributed by atoms with van der Waals surface area (Å²) in [6.07, 6.45) is 0. The van der Waals surface area contributed by atoms with Crippen molar-refractivity contribution in [2.75, 3.05) is 44.4 Å². The van der Waals surface area contributed by atoms with Gasteiger partial charge in [0.25, 0.3) is 0 Å². The normalized spacial score (nSPS) is 10.8. The Morgan fingerprint density at radius 2 is 1.70 bits per heavy atom. The highest BCUT2D eigenvalue weighted by Crippen LogP contribution is 2.27. The van der Waals surface area contributed by atoms with E-state index in [1.807, 2.05) is 19.9 Å². The first-order valence-electron chi connectivity index (χ1n) is 6.97. The van der Waals surface area contributed by atoms with E-state index in [-0.39, 0.29) is 0 Å². The minimum atomic E-state index is 0.694. The largest absolute Gasteiger partial charge is 0.380 e. The summed E-state index contributed by atoms with van der Waals surface area (Å²) in [4.78, 5) is 2.21. The Kier molecular flexibility index (Phi) is 9.27. The predicted molar refractivity (Wildman–Crippen MR) is 89.3 cm³/mol. The van der Waals surface area contributed by atoms with E-state index in [2.05, 4.69) is 33.0 Å². The number of nitrogens with zero attached hydrogens (tertiary/aromatic N) is 1. The molecule has 0 amide bonds. The summed E-state index contributed by atoms with van der Waals surface area (Å²) in [5.74, 6) is 0. The quantitative estimate of drug-likeness (QED) is 0.460. The number of halogens is 2. The molecule has 0 spiro atoms. The molecule has 0 unspecified atom stereocenters. The zero-order valence-electron chi connectivity index (χ0n) is 12.2.